The lowest BCUT2D eigenvalue weighted by atomic mass is 9.60. The first-order valence-electron chi connectivity index (χ1n) is 8.13. The van der Waals surface area contributed by atoms with Crippen LogP contribution in [0, 0.1) is 5.92 Å². The van der Waals surface area contributed by atoms with E-state index in [1.807, 2.05) is 6.07 Å². The molecule has 1 N–H and O–H groups in total. The van der Waals surface area contributed by atoms with Crippen LogP contribution in [0.1, 0.15) is 31.7 Å². The number of likely N-dealkylation sites (tertiary alicyclic amines) is 1. The van der Waals surface area contributed by atoms with Crippen LogP contribution in [0.4, 0.5) is 0 Å². The van der Waals surface area contributed by atoms with Crippen LogP contribution in [0.3, 0.4) is 0 Å². The van der Waals surface area contributed by atoms with E-state index in [4.69, 9.17) is 9.47 Å². The molecule has 1 aromatic rings. The third-order valence-corrected chi connectivity index (χ3v) is 5.93. The first-order chi connectivity index (χ1) is 10.5. The summed E-state index contributed by atoms with van der Waals surface area (Å²) in [5, 5.41) is 10.2. The Morgan fingerprint density at radius 3 is 2.59 bits per heavy atom. The highest BCUT2D eigenvalue weighted by Crippen LogP contribution is 2.52. The van der Waals surface area contributed by atoms with Gasteiger partial charge in [-0.1, -0.05) is 13.0 Å². The molecule has 0 spiro atoms. The number of nitrogens with zero attached hydrogens (tertiary/aromatic N) is 1. The molecule has 0 aromatic heterocycles. The lowest BCUT2D eigenvalue weighted by Gasteiger charge is -2.48. The van der Waals surface area contributed by atoms with Crippen molar-refractivity contribution in [3.8, 4) is 11.5 Å². The van der Waals surface area contributed by atoms with Gasteiger partial charge in [0.1, 0.15) is 0 Å². The van der Waals surface area contributed by atoms with Gasteiger partial charge in [-0.15, -0.1) is 0 Å². The summed E-state index contributed by atoms with van der Waals surface area (Å²) in [6, 6.07) is 6.72. The van der Waals surface area contributed by atoms with Gasteiger partial charge in [-0.3, -0.25) is 0 Å². The Bertz CT molecular complexity index is 547. The molecule has 0 unspecified atom stereocenters. The van der Waals surface area contributed by atoms with E-state index < -0.39 is 0 Å². The molecular weight excluding hydrogens is 278 g/mol. The number of aliphatic hydroxyl groups excluding tert-OH is 1. The van der Waals surface area contributed by atoms with E-state index >= 15 is 0 Å². The molecule has 4 nitrogen and oxygen atoms in total. The van der Waals surface area contributed by atoms with E-state index in [2.05, 4.69) is 31.0 Å². The fourth-order valence-electron chi connectivity index (χ4n) is 4.76. The number of methoxy groups -OCH3 is 2. The normalized spacial score (nSPS) is 35.2. The van der Waals surface area contributed by atoms with Crippen LogP contribution >= 0.6 is 0 Å². The Hall–Kier alpha value is -1.26. The van der Waals surface area contributed by atoms with E-state index in [9.17, 15) is 5.11 Å². The standard InChI is InChI=1S/C18H27NO3/c1-12-9-14(20)11-17-18(12,7-8-19(17)2)13-5-6-15(21-3)16(10-13)22-4/h5-6,10,12,14,17,20H,7-9,11H2,1-4H3/t12-,14-,17+,18-/m1/s1. The third-order valence-electron chi connectivity index (χ3n) is 5.93. The summed E-state index contributed by atoms with van der Waals surface area (Å²) in [6.45, 7) is 3.36. The molecule has 2 fully saturated rings. The maximum atomic E-state index is 10.2. The maximum Gasteiger partial charge on any atom is 0.161 e. The highest BCUT2D eigenvalue weighted by atomic mass is 16.5. The molecule has 4 atom stereocenters. The summed E-state index contributed by atoms with van der Waals surface area (Å²) in [7, 11) is 5.53. The van der Waals surface area contributed by atoms with E-state index in [0.29, 0.717) is 12.0 Å². The van der Waals surface area contributed by atoms with Gasteiger partial charge in [-0.2, -0.15) is 0 Å². The summed E-state index contributed by atoms with van der Waals surface area (Å²) in [5.74, 6) is 2.01. The van der Waals surface area contributed by atoms with E-state index in [0.717, 1.165) is 37.3 Å². The zero-order valence-electron chi connectivity index (χ0n) is 14.0. The first kappa shape index (κ1) is 15.6. The molecule has 0 bridgehead atoms. The zero-order valence-corrected chi connectivity index (χ0v) is 14.0. The van der Waals surface area contributed by atoms with Gasteiger partial charge in [0.25, 0.3) is 0 Å². The quantitative estimate of drug-likeness (QED) is 0.931. The van der Waals surface area contributed by atoms with Crippen LogP contribution in [0.5, 0.6) is 11.5 Å². The summed E-state index contributed by atoms with van der Waals surface area (Å²) in [4.78, 5) is 2.41. The minimum atomic E-state index is -0.186. The summed E-state index contributed by atoms with van der Waals surface area (Å²) >= 11 is 0. The second-order valence-electron chi connectivity index (χ2n) is 6.88. The number of fused-ring (bicyclic) bond motifs is 1. The van der Waals surface area contributed by atoms with Crippen molar-refractivity contribution >= 4 is 0 Å². The average Bonchev–Trinajstić information content (AvgIpc) is 2.85. The van der Waals surface area contributed by atoms with Crippen LogP contribution in [-0.2, 0) is 5.41 Å². The van der Waals surface area contributed by atoms with Crippen LogP contribution in [-0.4, -0.2) is 50.0 Å². The monoisotopic (exact) mass is 305 g/mol. The predicted octanol–water partition coefficient (Wildman–Crippen LogP) is 2.44. The van der Waals surface area contributed by atoms with E-state index in [1.165, 1.54) is 5.56 Å². The Morgan fingerprint density at radius 1 is 1.18 bits per heavy atom. The average molecular weight is 305 g/mol. The fourth-order valence-corrected chi connectivity index (χ4v) is 4.76. The van der Waals surface area contributed by atoms with Crippen molar-refractivity contribution < 1.29 is 14.6 Å². The van der Waals surface area contributed by atoms with Crippen molar-refractivity contribution in [3.05, 3.63) is 23.8 Å². The van der Waals surface area contributed by atoms with Crippen LogP contribution < -0.4 is 9.47 Å². The molecule has 1 heterocycles. The number of benzene rings is 1. The van der Waals surface area contributed by atoms with Crippen LogP contribution in [0.25, 0.3) is 0 Å². The van der Waals surface area contributed by atoms with Crippen molar-refractivity contribution in [3.63, 3.8) is 0 Å². The molecule has 1 saturated heterocycles. The lowest BCUT2D eigenvalue weighted by molar-refractivity contribution is 0.0226. The Balaban J connectivity index is 2.07. The first-order valence-corrected chi connectivity index (χ1v) is 8.13. The minimum Gasteiger partial charge on any atom is -0.493 e. The summed E-state index contributed by atoms with van der Waals surface area (Å²) in [6.07, 6.45) is 2.68. The van der Waals surface area contributed by atoms with Gasteiger partial charge in [0.05, 0.1) is 20.3 Å². The molecule has 0 radical (unpaired) electrons. The number of ether oxygens (including phenoxy) is 2. The minimum absolute atomic E-state index is 0.105. The van der Waals surface area contributed by atoms with Gasteiger partial charge >= 0.3 is 0 Å². The highest BCUT2D eigenvalue weighted by Gasteiger charge is 2.54. The molecule has 1 aliphatic heterocycles. The number of aliphatic hydroxyl groups is 1. The molecule has 122 valence electrons. The molecule has 0 amide bonds. The maximum absolute atomic E-state index is 10.2. The van der Waals surface area contributed by atoms with E-state index in [1.54, 1.807) is 14.2 Å². The highest BCUT2D eigenvalue weighted by molar-refractivity contribution is 5.47. The van der Waals surface area contributed by atoms with Gasteiger partial charge in [0.15, 0.2) is 11.5 Å². The molecule has 1 saturated carbocycles. The van der Waals surface area contributed by atoms with Gasteiger partial charge in [0, 0.05) is 11.5 Å². The zero-order chi connectivity index (χ0) is 15.9. The van der Waals surface area contributed by atoms with Crippen molar-refractivity contribution in [2.45, 2.75) is 43.7 Å². The number of hydrogen-bond acceptors (Lipinski definition) is 4. The Kier molecular flexibility index (Phi) is 4.08. The second-order valence-corrected chi connectivity index (χ2v) is 6.88. The topological polar surface area (TPSA) is 41.9 Å². The molecular formula is C18H27NO3. The van der Waals surface area contributed by atoms with Crippen LogP contribution in [0.2, 0.25) is 0 Å². The van der Waals surface area contributed by atoms with Crippen molar-refractivity contribution in [2.75, 3.05) is 27.8 Å². The number of likely N-dealkylation sites (N-methyl/N-ethyl adjacent to an activating group) is 1. The van der Waals surface area contributed by atoms with Crippen molar-refractivity contribution in [2.24, 2.45) is 5.92 Å². The van der Waals surface area contributed by atoms with E-state index in [-0.39, 0.29) is 11.5 Å². The smallest absolute Gasteiger partial charge is 0.161 e. The Morgan fingerprint density at radius 2 is 1.91 bits per heavy atom. The molecule has 1 aliphatic carbocycles. The lowest BCUT2D eigenvalue weighted by Crippen LogP contribution is -2.52. The SMILES string of the molecule is COc1ccc([C@]23CCN(C)[C@H]2C[C@H](O)C[C@H]3C)cc1OC. The molecule has 1 aromatic carbocycles. The van der Waals surface area contributed by atoms with Gasteiger partial charge in [-0.25, -0.2) is 0 Å². The van der Waals surface area contributed by atoms with Crippen molar-refractivity contribution in [1.82, 2.24) is 4.90 Å². The molecule has 22 heavy (non-hydrogen) atoms. The molecule has 2 aliphatic rings. The van der Waals surface area contributed by atoms with Gasteiger partial charge in [0.2, 0.25) is 0 Å². The fraction of sp³-hybridized carbons (Fsp3) is 0.667. The number of rotatable bonds is 3. The predicted molar refractivity (Wildman–Crippen MR) is 86.7 cm³/mol. The second kappa shape index (κ2) is 5.74. The Labute approximate surface area is 133 Å². The molecule has 3 rings (SSSR count). The summed E-state index contributed by atoms with van der Waals surface area (Å²) in [5.41, 5.74) is 1.42. The van der Waals surface area contributed by atoms with Crippen molar-refractivity contribution in [1.29, 1.82) is 0 Å². The summed E-state index contributed by atoms with van der Waals surface area (Å²) < 4.78 is 10.9. The third kappa shape index (κ3) is 2.20. The van der Waals surface area contributed by atoms with Crippen LogP contribution in [0.15, 0.2) is 18.2 Å². The molecule has 4 heteroatoms. The number of hydrogen-bond donors (Lipinski definition) is 1. The largest absolute Gasteiger partial charge is 0.493 e. The van der Waals surface area contributed by atoms with Gasteiger partial charge < -0.3 is 19.5 Å². The van der Waals surface area contributed by atoms with Gasteiger partial charge in [-0.05, 0) is 56.5 Å².